The second kappa shape index (κ2) is 10.1. The molecule has 3 aromatic rings. The number of aromatic nitrogens is 1. The highest BCUT2D eigenvalue weighted by Crippen LogP contribution is 2.29. The minimum Gasteiger partial charge on any atom is -0.490 e. The summed E-state index contributed by atoms with van der Waals surface area (Å²) in [5.74, 6) is 0.744. The molecule has 3 rings (SSSR count). The Morgan fingerprint density at radius 2 is 1.87 bits per heavy atom. The van der Waals surface area contributed by atoms with E-state index in [1.54, 1.807) is 12.1 Å². The first-order valence-electron chi connectivity index (χ1n) is 10.0. The maximum absolute atomic E-state index is 10.9. The number of halogens is 1. The molecule has 2 unspecified atom stereocenters. The van der Waals surface area contributed by atoms with Crippen LogP contribution in [0.5, 0.6) is 5.75 Å². The van der Waals surface area contributed by atoms with Crippen LogP contribution in [-0.4, -0.2) is 33.8 Å². The van der Waals surface area contributed by atoms with E-state index in [-0.39, 0.29) is 36.2 Å². The highest BCUT2D eigenvalue weighted by atomic mass is 35.5. The van der Waals surface area contributed by atoms with Crippen molar-refractivity contribution in [1.82, 2.24) is 10.3 Å². The van der Waals surface area contributed by atoms with E-state index < -0.39 is 11.0 Å². The van der Waals surface area contributed by atoms with Gasteiger partial charge in [0.25, 0.3) is 5.69 Å². The van der Waals surface area contributed by atoms with E-state index in [4.69, 9.17) is 4.74 Å². The number of aliphatic hydroxyl groups is 1. The van der Waals surface area contributed by atoms with Crippen molar-refractivity contribution in [3.63, 3.8) is 0 Å². The molecule has 0 aliphatic rings. The summed E-state index contributed by atoms with van der Waals surface area (Å²) >= 11 is 0. The van der Waals surface area contributed by atoms with Crippen LogP contribution < -0.4 is 10.1 Å². The standard InChI is InChI=1S/C23H29N3O4.ClH/c1-15-12-24-18-6-5-7-20(21(15)18)30-14-19(27)22(23(2,3)4)25-13-16-8-10-17(11-9-16)26(28)29;/h5-12,19,22,24-25,27H,13-14H2,1-4H3;1H. The number of aryl methyl sites for hydroxylation is 1. The maximum Gasteiger partial charge on any atom is 0.269 e. The van der Waals surface area contributed by atoms with Gasteiger partial charge in [-0.1, -0.05) is 39.0 Å². The van der Waals surface area contributed by atoms with Crippen LogP contribution in [0, 0.1) is 22.5 Å². The molecule has 1 aromatic heterocycles. The lowest BCUT2D eigenvalue weighted by Gasteiger charge is -2.35. The molecule has 1 heterocycles. The SMILES string of the molecule is Cc1c[nH]c2cccc(OCC(O)C(NCc3ccc([N+](=O)[O-])cc3)C(C)(C)C)c12.Cl. The summed E-state index contributed by atoms with van der Waals surface area (Å²) in [7, 11) is 0. The van der Waals surface area contributed by atoms with E-state index in [0.29, 0.717) is 6.54 Å². The molecule has 0 radical (unpaired) electrons. The number of hydrogen-bond acceptors (Lipinski definition) is 5. The second-order valence-corrected chi connectivity index (χ2v) is 8.68. The predicted octanol–water partition coefficient (Wildman–Crippen LogP) is 4.75. The molecule has 0 aliphatic heterocycles. The van der Waals surface area contributed by atoms with Crippen LogP contribution in [0.4, 0.5) is 5.69 Å². The zero-order valence-corrected chi connectivity index (χ0v) is 19.0. The number of fused-ring (bicyclic) bond motifs is 1. The number of nitro benzene ring substituents is 1. The van der Waals surface area contributed by atoms with Crippen molar-refractivity contribution < 1.29 is 14.8 Å². The Kier molecular flexibility index (Phi) is 8.06. The topological polar surface area (TPSA) is 100 Å². The van der Waals surface area contributed by atoms with E-state index in [1.807, 2.05) is 31.3 Å². The maximum atomic E-state index is 10.9. The summed E-state index contributed by atoms with van der Waals surface area (Å²) in [4.78, 5) is 13.6. The third-order valence-corrected chi connectivity index (χ3v) is 5.27. The van der Waals surface area contributed by atoms with Crippen LogP contribution in [0.2, 0.25) is 0 Å². The lowest BCUT2D eigenvalue weighted by atomic mass is 9.83. The van der Waals surface area contributed by atoms with Crippen molar-refractivity contribution in [1.29, 1.82) is 0 Å². The van der Waals surface area contributed by atoms with Crippen LogP contribution in [0.3, 0.4) is 0 Å². The monoisotopic (exact) mass is 447 g/mol. The van der Waals surface area contributed by atoms with Crippen LogP contribution in [0.15, 0.2) is 48.7 Å². The van der Waals surface area contributed by atoms with Crippen molar-refractivity contribution in [3.05, 3.63) is 69.9 Å². The van der Waals surface area contributed by atoms with E-state index >= 15 is 0 Å². The molecule has 8 heteroatoms. The molecule has 7 nitrogen and oxygen atoms in total. The molecule has 3 N–H and O–H groups in total. The van der Waals surface area contributed by atoms with Gasteiger partial charge in [0.05, 0.1) is 4.92 Å². The predicted molar refractivity (Wildman–Crippen MR) is 125 cm³/mol. The number of nitro groups is 1. The van der Waals surface area contributed by atoms with Gasteiger partial charge >= 0.3 is 0 Å². The number of nitrogens with zero attached hydrogens (tertiary/aromatic N) is 1. The van der Waals surface area contributed by atoms with Gasteiger partial charge in [0, 0.05) is 41.8 Å². The Hall–Kier alpha value is -2.61. The molecule has 31 heavy (non-hydrogen) atoms. The molecule has 0 aliphatic carbocycles. The number of H-pyrrole nitrogens is 1. The number of nitrogens with one attached hydrogen (secondary N) is 2. The molecule has 168 valence electrons. The first-order chi connectivity index (χ1) is 14.2. The molecule has 0 fully saturated rings. The quantitative estimate of drug-likeness (QED) is 0.341. The molecular formula is C23H30ClN3O4. The molecule has 0 amide bonds. The minimum absolute atomic E-state index is 0. The number of non-ortho nitro benzene ring substituents is 1. The Labute approximate surface area is 188 Å². The van der Waals surface area contributed by atoms with Crippen molar-refractivity contribution in [3.8, 4) is 5.75 Å². The third-order valence-electron chi connectivity index (χ3n) is 5.27. The first kappa shape index (κ1) is 24.7. The second-order valence-electron chi connectivity index (χ2n) is 8.68. The summed E-state index contributed by atoms with van der Waals surface area (Å²) in [6, 6.07) is 12.0. The normalized spacial score (nSPS) is 13.5. The largest absolute Gasteiger partial charge is 0.490 e. The van der Waals surface area contributed by atoms with Gasteiger partial charge < -0.3 is 20.1 Å². The Balaban J connectivity index is 0.00000341. The van der Waals surface area contributed by atoms with Crippen molar-refractivity contribution in [2.75, 3.05) is 6.61 Å². The van der Waals surface area contributed by atoms with E-state index in [1.165, 1.54) is 12.1 Å². The van der Waals surface area contributed by atoms with Crippen molar-refractivity contribution in [2.45, 2.75) is 46.4 Å². The van der Waals surface area contributed by atoms with Crippen LogP contribution in [-0.2, 0) is 6.54 Å². The van der Waals surface area contributed by atoms with Gasteiger partial charge in [-0.2, -0.15) is 0 Å². The van der Waals surface area contributed by atoms with E-state index in [2.05, 4.69) is 31.1 Å². The summed E-state index contributed by atoms with van der Waals surface area (Å²) in [6.45, 7) is 8.83. The highest BCUT2D eigenvalue weighted by Gasteiger charge is 2.31. The third kappa shape index (κ3) is 5.97. The van der Waals surface area contributed by atoms with Gasteiger partial charge in [-0.25, -0.2) is 0 Å². The number of ether oxygens (including phenoxy) is 1. The summed E-state index contributed by atoms with van der Waals surface area (Å²) in [5, 5.41) is 26.1. The minimum atomic E-state index is -0.738. The Bertz CT molecular complexity index is 1010. The lowest BCUT2D eigenvalue weighted by Crippen LogP contribution is -2.50. The summed E-state index contributed by atoms with van der Waals surface area (Å²) in [6.07, 6.45) is 1.20. The van der Waals surface area contributed by atoms with Gasteiger partial charge in [0.2, 0.25) is 0 Å². The molecule has 0 bridgehead atoms. The Morgan fingerprint density at radius 3 is 2.48 bits per heavy atom. The van der Waals surface area contributed by atoms with E-state index in [0.717, 1.165) is 27.8 Å². The van der Waals surface area contributed by atoms with E-state index in [9.17, 15) is 15.2 Å². The van der Waals surface area contributed by atoms with Crippen LogP contribution in [0.1, 0.15) is 31.9 Å². The summed E-state index contributed by atoms with van der Waals surface area (Å²) < 4.78 is 6.01. The van der Waals surface area contributed by atoms with Crippen molar-refractivity contribution >= 4 is 29.0 Å². The number of aliphatic hydroxyl groups excluding tert-OH is 1. The number of rotatable bonds is 8. The number of hydrogen-bond donors (Lipinski definition) is 3. The molecule has 0 saturated carbocycles. The van der Waals surface area contributed by atoms with Gasteiger partial charge in [0.15, 0.2) is 0 Å². The number of benzene rings is 2. The van der Waals surface area contributed by atoms with Crippen LogP contribution in [0.25, 0.3) is 10.9 Å². The van der Waals surface area contributed by atoms with Crippen molar-refractivity contribution in [2.24, 2.45) is 5.41 Å². The molecule has 0 spiro atoms. The molecule has 2 aromatic carbocycles. The van der Waals surface area contributed by atoms with Crippen LogP contribution >= 0.6 is 12.4 Å². The van der Waals surface area contributed by atoms with Gasteiger partial charge in [0.1, 0.15) is 18.5 Å². The summed E-state index contributed by atoms with van der Waals surface area (Å²) in [5.41, 5.74) is 2.85. The van der Waals surface area contributed by atoms with Gasteiger partial charge in [-0.3, -0.25) is 10.1 Å². The fourth-order valence-electron chi connectivity index (χ4n) is 3.69. The molecular weight excluding hydrogens is 418 g/mol. The average molecular weight is 448 g/mol. The zero-order chi connectivity index (χ0) is 21.9. The fraction of sp³-hybridized carbons (Fsp3) is 0.391. The molecule has 0 saturated heterocycles. The zero-order valence-electron chi connectivity index (χ0n) is 18.2. The average Bonchev–Trinajstić information content (AvgIpc) is 3.07. The fourth-order valence-corrected chi connectivity index (χ4v) is 3.69. The smallest absolute Gasteiger partial charge is 0.269 e. The first-order valence-corrected chi connectivity index (χ1v) is 10.0. The Morgan fingerprint density at radius 1 is 1.19 bits per heavy atom. The lowest BCUT2D eigenvalue weighted by molar-refractivity contribution is -0.384. The van der Waals surface area contributed by atoms with Gasteiger partial charge in [-0.15, -0.1) is 12.4 Å². The highest BCUT2D eigenvalue weighted by molar-refractivity contribution is 5.89. The van der Waals surface area contributed by atoms with Gasteiger partial charge in [-0.05, 0) is 35.6 Å². The molecule has 2 atom stereocenters. The number of aromatic amines is 1.